The molecule has 224 valence electrons. The number of carbonyl (C=O) groups excluding carboxylic acids is 3. The van der Waals surface area contributed by atoms with E-state index in [-0.39, 0.29) is 36.1 Å². The fourth-order valence-electron chi connectivity index (χ4n) is 6.95. The van der Waals surface area contributed by atoms with E-state index >= 15 is 4.39 Å². The highest BCUT2D eigenvalue weighted by Gasteiger charge is 2.39. The normalized spacial score (nSPS) is 24.9. The number of hydrogen-bond donors (Lipinski definition) is 1. The lowest BCUT2D eigenvalue weighted by Crippen LogP contribution is -2.52. The third kappa shape index (κ3) is 5.49. The number of carbonyl (C=O) groups is 3. The van der Waals surface area contributed by atoms with E-state index in [2.05, 4.69) is 22.1 Å². The zero-order valence-electron chi connectivity index (χ0n) is 24.2. The van der Waals surface area contributed by atoms with Gasteiger partial charge in [0.05, 0.1) is 0 Å². The molecule has 4 aliphatic heterocycles. The molecule has 0 bridgehead atoms. The summed E-state index contributed by atoms with van der Waals surface area (Å²) in [5.41, 5.74) is 3.65. The maximum absolute atomic E-state index is 15.2. The first-order valence-corrected chi connectivity index (χ1v) is 15.2. The number of piperidine rings is 1. The number of pyridine rings is 1. The Morgan fingerprint density at radius 1 is 1.05 bits per heavy atom. The summed E-state index contributed by atoms with van der Waals surface area (Å²) in [7, 11) is 0. The van der Waals surface area contributed by atoms with Gasteiger partial charge in [0, 0.05) is 74.3 Å². The van der Waals surface area contributed by atoms with Crippen LogP contribution in [0.3, 0.4) is 0 Å². The van der Waals surface area contributed by atoms with Crippen LogP contribution < -0.4 is 10.1 Å². The Morgan fingerprint density at radius 3 is 2.70 bits per heavy atom. The molecule has 3 atom stereocenters. The number of halogens is 1. The molecule has 3 fully saturated rings. The summed E-state index contributed by atoms with van der Waals surface area (Å²) in [6.07, 6.45) is 2.33. The number of amides is 3. The van der Waals surface area contributed by atoms with Gasteiger partial charge in [-0.25, -0.2) is 9.37 Å². The highest BCUT2D eigenvalue weighted by atomic mass is 19.1. The van der Waals surface area contributed by atoms with Crippen LogP contribution in [0.5, 0.6) is 5.75 Å². The van der Waals surface area contributed by atoms with Gasteiger partial charge in [0.2, 0.25) is 11.8 Å². The summed E-state index contributed by atoms with van der Waals surface area (Å²) in [4.78, 5) is 45.4. The summed E-state index contributed by atoms with van der Waals surface area (Å²) in [6.45, 7) is 6.02. The largest absolute Gasteiger partial charge is 0.489 e. The predicted octanol–water partition coefficient (Wildman–Crippen LogP) is 3.93. The number of benzene rings is 2. The van der Waals surface area contributed by atoms with Gasteiger partial charge >= 0.3 is 0 Å². The van der Waals surface area contributed by atoms with Crippen LogP contribution in [0.15, 0.2) is 42.5 Å². The van der Waals surface area contributed by atoms with Crippen molar-refractivity contribution in [2.24, 2.45) is 5.92 Å². The minimum atomic E-state index is -0.643. The maximum atomic E-state index is 15.2. The molecule has 3 saturated heterocycles. The average Bonchev–Trinajstić information content (AvgIpc) is 3.50. The monoisotopic (exact) mass is 586 g/mol. The van der Waals surface area contributed by atoms with Crippen LogP contribution in [-0.4, -0.2) is 71.0 Å². The van der Waals surface area contributed by atoms with Crippen LogP contribution in [0.1, 0.15) is 65.7 Å². The summed E-state index contributed by atoms with van der Waals surface area (Å²) in [5.74, 6) is 0.0342. The van der Waals surface area contributed by atoms with Gasteiger partial charge in [0.25, 0.3) is 5.91 Å². The Balaban J connectivity index is 0.999. The summed E-state index contributed by atoms with van der Waals surface area (Å²) < 4.78 is 27.1. The highest BCUT2D eigenvalue weighted by molar-refractivity contribution is 6.05. The van der Waals surface area contributed by atoms with E-state index in [1.165, 1.54) is 0 Å². The molecule has 5 heterocycles. The molecule has 43 heavy (non-hydrogen) atoms. The Bertz CT molecular complexity index is 1610. The molecule has 0 saturated carbocycles. The number of ether oxygens (including phenoxy) is 2. The number of fused-ring (bicyclic) bond motifs is 2. The van der Waals surface area contributed by atoms with Crippen LogP contribution in [0.2, 0.25) is 0 Å². The summed E-state index contributed by atoms with van der Waals surface area (Å²) in [5, 5.41) is 3.15. The van der Waals surface area contributed by atoms with Gasteiger partial charge < -0.3 is 14.4 Å². The van der Waals surface area contributed by atoms with Crippen LogP contribution in [0, 0.1) is 11.7 Å². The van der Waals surface area contributed by atoms with E-state index in [4.69, 9.17) is 9.47 Å². The van der Waals surface area contributed by atoms with Crippen molar-refractivity contribution in [3.05, 3.63) is 70.7 Å². The van der Waals surface area contributed by atoms with E-state index in [9.17, 15) is 14.4 Å². The number of nitrogens with one attached hydrogen (secondary N) is 1. The Kier molecular flexibility index (Phi) is 7.34. The predicted molar refractivity (Wildman–Crippen MR) is 156 cm³/mol. The van der Waals surface area contributed by atoms with E-state index in [1.807, 2.05) is 24.3 Å². The lowest BCUT2D eigenvalue weighted by Gasteiger charge is -2.29. The topological polar surface area (TPSA) is 101 Å². The SMILES string of the molecule is C[C@@H]1CN(Cc2cc(F)c3nc(C4CCOCC4)ccc3c2)C[C@H]1Oc1ccc2c(c1)CN([C@H]1CCC(=O)NC1=O)C2=O. The molecule has 0 spiro atoms. The molecule has 4 aliphatic rings. The fourth-order valence-corrected chi connectivity index (χ4v) is 6.95. The quantitative estimate of drug-likeness (QED) is 0.437. The lowest BCUT2D eigenvalue weighted by molar-refractivity contribution is -0.136. The maximum Gasteiger partial charge on any atom is 0.255 e. The number of rotatable bonds is 6. The van der Waals surface area contributed by atoms with Gasteiger partial charge in [-0.3, -0.25) is 24.6 Å². The third-order valence-corrected chi connectivity index (χ3v) is 9.27. The van der Waals surface area contributed by atoms with E-state index in [1.54, 1.807) is 23.1 Å². The van der Waals surface area contributed by atoms with Crippen LogP contribution >= 0.6 is 0 Å². The van der Waals surface area contributed by atoms with Gasteiger partial charge in [-0.15, -0.1) is 0 Å². The molecule has 0 unspecified atom stereocenters. The van der Waals surface area contributed by atoms with Crippen molar-refractivity contribution >= 4 is 28.6 Å². The molecule has 9 nitrogen and oxygen atoms in total. The first kappa shape index (κ1) is 27.9. The van der Waals surface area contributed by atoms with Crippen molar-refractivity contribution in [1.29, 1.82) is 0 Å². The number of likely N-dealkylation sites (tertiary alicyclic amines) is 1. The van der Waals surface area contributed by atoms with Crippen molar-refractivity contribution in [2.75, 3.05) is 26.3 Å². The summed E-state index contributed by atoms with van der Waals surface area (Å²) >= 11 is 0. The molecule has 3 amide bonds. The second-order valence-corrected chi connectivity index (χ2v) is 12.3. The molecule has 1 aromatic heterocycles. The zero-order valence-corrected chi connectivity index (χ0v) is 24.2. The van der Waals surface area contributed by atoms with Gasteiger partial charge in [-0.2, -0.15) is 0 Å². The van der Waals surface area contributed by atoms with E-state index in [0.717, 1.165) is 54.8 Å². The van der Waals surface area contributed by atoms with Crippen molar-refractivity contribution in [1.82, 2.24) is 20.1 Å². The van der Waals surface area contributed by atoms with Gasteiger partial charge in [0.15, 0.2) is 0 Å². The van der Waals surface area contributed by atoms with Crippen LogP contribution in [-0.2, 0) is 27.4 Å². The smallest absolute Gasteiger partial charge is 0.255 e. The third-order valence-electron chi connectivity index (χ3n) is 9.27. The van der Waals surface area contributed by atoms with Crippen LogP contribution in [0.4, 0.5) is 4.39 Å². The standard InChI is InChI=1S/C33H35FN4O5/c1-19-15-37(16-20-12-22-2-5-27(21-8-10-42-11-9-21)35-31(22)26(34)13-20)18-29(19)43-24-3-4-25-23(14-24)17-38(33(25)41)28-6-7-30(39)36-32(28)40/h2-5,12-14,19,21,28-29H,6-11,15-18H2,1H3,(H,36,39,40)/t19-,28+,29-/m1/s1. The van der Waals surface area contributed by atoms with E-state index in [0.29, 0.717) is 48.8 Å². The summed E-state index contributed by atoms with van der Waals surface area (Å²) in [6, 6.07) is 12.5. The van der Waals surface area contributed by atoms with Crippen molar-refractivity contribution < 1.29 is 28.2 Å². The number of imide groups is 1. The van der Waals surface area contributed by atoms with Crippen molar-refractivity contribution in [3.8, 4) is 5.75 Å². The minimum absolute atomic E-state index is 0.0598. The number of aromatic nitrogens is 1. The lowest BCUT2D eigenvalue weighted by atomic mass is 9.95. The molecule has 0 aliphatic carbocycles. The zero-order chi connectivity index (χ0) is 29.7. The Labute approximate surface area is 249 Å². The Morgan fingerprint density at radius 2 is 1.88 bits per heavy atom. The first-order valence-electron chi connectivity index (χ1n) is 15.2. The van der Waals surface area contributed by atoms with Gasteiger partial charge in [0.1, 0.15) is 29.2 Å². The molecular weight excluding hydrogens is 551 g/mol. The Hall–Kier alpha value is -3.89. The molecule has 10 heteroatoms. The van der Waals surface area contributed by atoms with Gasteiger partial charge in [-0.05, 0) is 66.8 Å². The van der Waals surface area contributed by atoms with Crippen LogP contribution in [0.25, 0.3) is 10.9 Å². The first-order chi connectivity index (χ1) is 20.8. The number of hydrogen-bond acceptors (Lipinski definition) is 7. The second kappa shape index (κ2) is 11.3. The molecule has 3 aromatic rings. The molecule has 1 N–H and O–H groups in total. The minimum Gasteiger partial charge on any atom is -0.489 e. The van der Waals surface area contributed by atoms with E-state index < -0.39 is 11.9 Å². The number of nitrogens with zero attached hydrogens (tertiary/aromatic N) is 3. The molecular formula is C33H35FN4O5. The average molecular weight is 587 g/mol. The molecule has 7 rings (SSSR count). The van der Waals surface area contributed by atoms with Crippen molar-refractivity contribution in [2.45, 2.75) is 63.8 Å². The molecule has 2 aromatic carbocycles. The molecule has 0 radical (unpaired) electrons. The highest BCUT2D eigenvalue weighted by Crippen LogP contribution is 2.33. The van der Waals surface area contributed by atoms with Gasteiger partial charge in [-0.1, -0.05) is 13.0 Å². The fraction of sp³-hybridized carbons (Fsp3) is 0.455. The second-order valence-electron chi connectivity index (χ2n) is 12.3. The van der Waals surface area contributed by atoms with Crippen molar-refractivity contribution in [3.63, 3.8) is 0 Å².